The topological polar surface area (TPSA) is 126 Å². The lowest BCUT2D eigenvalue weighted by atomic mass is 10.1. The van der Waals surface area contributed by atoms with E-state index in [1.165, 1.54) is 41.0 Å². The number of rotatable bonds is 7. The van der Waals surface area contributed by atoms with Crippen molar-refractivity contribution in [1.82, 2.24) is 9.97 Å². The Kier molecular flexibility index (Phi) is 5.89. The third kappa shape index (κ3) is 4.58. The number of ether oxygens (including phenoxy) is 2. The Bertz CT molecular complexity index is 1500. The van der Waals surface area contributed by atoms with Gasteiger partial charge in [0, 0.05) is 34.4 Å². The summed E-state index contributed by atoms with van der Waals surface area (Å²) in [4.78, 5) is 8.60. The van der Waals surface area contributed by atoms with E-state index >= 15 is 0 Å². The third-order valence-electron chi connectivity index (χ3n) is 4.73. The number of sulfonamides is 1. The second kappa shape index (κ2) is 9.14. The molecule has 4 aromatic rings. The quantitative estimate of drug-likeness (QED) is 0.341. The summed E-state index contributed by atoms with van der Waals surface area (Å²) >= 11 is 2.54. The van der Waals surface area contributed by atoms with Gasteiger partial charge in [0.1, 0.15) is 16.6 Å². The standard InChI is InChI=1S/C22H15N5O4S3/c23-10-15(21-26-18(12-33-21)14-1-6-19-20(9-14)31-13-30-19)11-25-16-2-4-17(5-3-16)34(28,29)27-22-24-7-8-32-22/h1-9,11-12,25H,13H2,(H,24,27). The van der Waals surface area contributed by atoms with Crippen molar-refractivity contribution in [1.29, 1.82) is 5.26 Å². The highest BCUT2D eigenvalue weighted by molar-refractivity contribution is 7.93. The molecule has 1 aliphatic rings. The summed E-state index contributed by atoms with van der Waals surface area (Å²) in [6.45, 7) is 0.198. The van der Waals surface area contributed by atoms with E-state index < -0.39 is 10.0 Å². The number of thiazole rings is 2. The summed E-state index contributed by atoms with van der Waals surface area (Å²) in [5, 5.41) is 17.0. The van der Waals surface area contributed by atoms with Crippen molar-refractivity contribution in [3.8, 4) is 28.8 Å². The van der Waals surface area contributed by atoms with E-state index in [4.69, 9.17) is 9.47 Å². The molecule has 9 nitrogen and oxygen atoms in total. The number of fused-ring (bicyclic) bond motifs is 1. The van der Waals surface area contributed by atoms with Crippen LogP contribution < -0.4 is 19.5 Å². The highest BCUT2D eigenvalue weighted by Gasteiger charge is 2.17. The Hall–Kier alpha value is -3.92. The Morgan fingerprint density at radius 2 is 1.94 bits per heavy atom. The number of aromatic nitrogens is 2. The molecule has 2 aromatic heterocycles. The van der Waals surface area contributed by atoms with Crippen molar-refractivity contribution in [3.63, 3.8) is 0 Å². The lowest BCUT2D eigenvalue weighted by Crippen LogP contribution is -2.12. The van der Waals surface area contributed by atoms with Crippen LogP contribution in [-0.2, 0) is 10.0 Å². The minimum atomic E-state index is -3.73. The molecule has 0 saturated carbocycles. The monoisotopic (exact) mass is 509 g/mol. The first-order chi connectivity index (χ1) is 16.5. The maximum atomic E-state index is 12.4. The number of hydrogen-bond donors (Lipinski definition) is 2. The van der Waals surface area contributed by atoms with Crippen molar-refractivity contribution in [3.05, 3.63) is 70.6 Å². The first-order valence-electron chi connectivity index (χ1n) is 9.77. The van der Waals surface area contributed by atoms with E-state index in [2.05, 4.69) is 26.1 Å². The van der Waals surface area contributed by atoms with E-state index in [1.807, 2.05) is 23.6 Å². The summed E-state index contributed by atoms with van der Waals surface area (Å²) in [5.74, 6) is 1.36. The molecule has 170 valence electrons. The molecule has 12 heteroatoms. The predicted molar refractivity (Wildman–Crippen MR) is 130 cm³/mol. The smallest absolute Gasteiger partial charge is 0.263 e. The van der Waals surface area contributed by atoms with E-state index in [9.17, 15) is 13.7 Å². The number of anilines is 2. The van der Waals surface area contributed by atoms with Crippen LogP contribution in [0.25, 0.3) is 16.8 Å². The van der Waals surface area contributed by atoms with Gasteiger partial charge < -0.3 is 14.8 Å². The van der Waals surface area contributed by atoms with Gasteiger partial charge in [-0.05, 0) is 42.5 Å². The Labute approximate surface area is 203 Å². The Morgan fingerprint density at radius 3 is 2.71 bits per heavy atom. The SMILES string of the molecule is N#CC(=CNc1ccc(S(=O)(=O)Nc2nccs2)cc1)c1nc(-c2ccc3c(c2)OCO3)cs1. The molecule has 2 aromatic carbocycles. The van der Waals surface area contributed by atoms with Gasteiger partial charge in [-0.3, -0.25) is 4.72 Å². The Balaban J connectivity index is 1.29. The van der Waals surface area contributed by atoms with Crippen molar-refractivity contribution in [2.45, 2.75) is 4.90 Å². The van der Waals surface area contributed by atoms with Crippen molar-refractivity contribution >= 4 is 49.1 Å². The third-order valence-corrected chi connectivity index (χ3v) is 7.77. The molecule has 0 saturated heterocycles. The van der Waals surface area contributed by atoms with Crippen LogP contribution in [0.1, 0.15) is 5.01 Å². The second-order valence-corrected chi connectivity index (χ2v) is 10.3. The highest BCUT2D eigenvalue weighted by atomic mass is 32.2. The number of allylic oxidation sites excluding steroid dienone is 1. The zero-order chi connectivity index (χ0) is 23.5. The van der Waals surface area contributed by atoms with Gasteiger partial charge in [-0.2, -0.15) is 5.26 Å². The average molecular weight is 510 g/mol. The van der Waals surface area contributed by atoms with Crippen LogP contribution >= 0.6 is 22.7 Å². The second-order valence-electron chi connectivity index (χ2n) is 6.89. The van der Waals surface area contributed by atoms with Gasteiger partial charge >= 0.3 is 0 Å². The van der Waals surface area contributed by atoms with E-state index in [0.717, 1.165) is 11.3 Å². The normalized spacial score (nSPS) is 12.9. The first kappa shape index (κ1) is 21.9. The van der Waals surface area contributed by atoms with Crippen molar-refractivity contribution in [2.75, 3.05) is 16.8 Å². The fourth-order valence-corrected chi connectivity index (χ4v) is 5.64. The number of nitriles is 1. The lowest BCUT2D eigenvalue weighted by Gasteiger charge is -2.06. The van der Waals surface area contributed by atoms with Crippen LogP contribution in [0.2, 0.25) is 0 Å². The summed E-state index contributed by atoms with van der Waals surface area (Å²) < 4.78 is 38.1. The number of nitrogens with one attached hydrogen (secondary N) is 2. The van der Waals surface area contributed by atoms with Crippen molar-refractivity contribution in [2.24, 2.45) is 0 Å². The number of hydrogen-bond acceptors (Lipinski definition) is 10. The molecule has 3 heterocycles. The summed E-state index contributed by atoms with van der Waals surface area (Å²) in [7, 11) is -3.73. The first-order valence-corrected chi connectivity index (χ1v) is 13.0. The minimum Gasteiger partial charge on any atom is -0.454 e. The molecule has 1 aliphatic heterocycles. The highest BCUT2D eigenvalue weighted by Crippen LogP contribution is 2.36. The predicted octanol–water partition coefficient (Wildman–Crippen LogP) is 4.77. The Morgan fingerprint density at radius 1 is 1.12 bits per heavy atom. The molecule has 34 heavy (non-hydrogen) atoms. The van der Waals surface area contributed by atoms with Gasteiger partial charge in [-0.15, -0.1) is 22.7 Å². The summed E-state index contributed by atoms with van der Waals surface area (Å²) in [6, 6.07) is 13.9. The molecule has 0 unspecified atom stereocenters. The van der Waals surface area contributed by atoms with Gasteiger partial charge in [0.15, 0.2) is 16.6 Å². The maximum Gasteiger partial charge on any atom is 0.263 e. The van der Waals surface area contributed by atoms with Crippen molar-refractivity contribution < 1.29 is 17.9 Å². The fraction of sp³-hybridized carbons (Fsp3) is 0.0455. The molecule has 2 N–H and O–H groups in total. The zero-order valence-electron chi connectivity index (χ0n) is 17.3. The van der Waals surface area contributed by atoms with Gasteiger partial charge in [0.25, 0.3) is 10.0 Å². The van der Waals surface area contributed by atoms with Crippen LogP contribution in [0.15, 0.2) is 70.5 Å². The van der Waals surface area contributed by atoms with Crippen LogP contribution in [0.4, 0.5) is 10.8 Å². The largest absolute Gasteiger partial charge is 0.454 e. The van der Waals surface area contributed by atoms with E-state index in [0.29, 0.717) is 32.9 Å². The lowest BCUT2D eigenvalue weighted by molar-refractivity contribution is 0.174. The molecule has 0 fully saturated rings. The molecular formula is C22H15N5O4S3. The number of benzene rings is 2. The summed E-state index contributed by atoms with van der Waals surface area (Å²) in [6.07, 6.45) is 3.06. The molecule has 0 bridgehead atoms. The molecule has 0 amide bonds. The average Bonchev–Trinajstić information content (AvgIpc) is 3.61. The molecule has 0 atom stereocenters. The van der Waals surface area contributed by atoms with Crippen LogP contribution in [-0.4, -0.2) is 25.2 Å². The molecule has 0 radical (unpaired) electrons. The van der Waals surface area contributed by atoms with Gasteiger partial charge in [0.2, 0.25) is 6.79 Å². The fourth-order valence-electron chi connectivity index (χ4n) is 3.06. The minimum absolute atomic E-state index is 0.103. The number of nitrogens with zero attached hydrogens (tertiary/aromatic N) is 3. The van der Waals surface area contributed by atoms with Crippen LogP contribution in [0, 0.1) is 11.3 Å². The zero-order valence-corrected chi connectivity index (χ0v) is 19.7. The van der Waals surface area contributed by atoms with Crippen LogP contribution in [0.5, 0.6) is 11.5 Å². The summed E-state index contributed by atoms with van der Waals surface area (Å²) in [5.41, 5.74) is 2.55. The van der Waals surface area contributed by atoms with Gasteiger partial charge in [-0.1, -0.05) is 0 Å². The van der Waals surface area contributed by atoms with Gasteiger partial charge in [0.05, 0.1) is 10.6 Å². The molecule has 0 aliphatic carbocycles. The molecule has 5 rings (SSSR count). The van der Waals surface area contributed by atoms with Crippen LogP contribution in [0.3, 0.4) is 0 Å². The maximum absolute atomic E-state index is 12.4. The van der Waals surface area contributed by atoms with Gasteiger partial charge in [-0.25, -0.2) is 18.4 Å². The van der Waals surface area contributed by atoms with E-state index in [-0.39, 0.29) is 11.7 Å². The molecular weight excluding hydrogens is 494 g/mol. The molecule has 0 spiro atoms. The van der Waals surface area contributed by atoms with E-state index in [1.54, 1.807) is 23.7 Å².